The van der Waals surface area contributed by atoms with Gasteiger partial charge in [0.15, 0.2) is 5.78 Å². The summed E-state index contributed by atoms with van der Waals surface area (Å²) < 4.78 is 0. The predicted molar refractivity (Wildman–Crippen MR) is 61.0 cm³/mol. The summed E-state index contributed by atoms with van der Waals surface area (Å²) in [5.74, 6) is -0.280. The van der Waals surface area contributed by atoms with E-state index in [1.165, 1.54) is 5.56 Å². The third-order valence-corrected chi connectivity index (χ3v) is 2.47. The molecular weight excluding hydrogens is 188 g/mol. The van der Waals surface area contributed by atoms with Gasteiger partial charge in [-0.1, -0.05) is 38.5 Å². The largest absolute Gasteiger partial charge is 0.396 e. The summed E-state index contributed by atoms with van der Waals surface area (Å²) >= 11 is 0. The number of rotatable bonds is 5. The average Bonchev–Trinajstić information content (AvgIpc) is 2.28. The number of carbonyl (C=O) groups excluding carboxylic acids is 1. The van der Waals surface area contributed by atoms with E-state index < -0.39 is 0 Å². The first-order chi connectivity index (χ1) is 7.19. The van der Waals surface area contributed by atoms with Gasteiger partial charge in [-0.25, -0.2) is 0 Å². The highest BCUT2D eigenvalue weighted by atomic mass is 16.3. The highest BCUT2D eigenvalue weighted by molar-refractivity contribution is 5.97. The van der Waals surface area contributed by atoms with Gasteiger partial charge < -0.3 is 5.11 Å². The molecule has 1 aromatic rings. The van der Waals surface area contributed by atoms with Crippen molar-refractivity contribution in [3.8, 4) is 0 Å². The van der Waals surface area contributed by atoms with E-state index in [1.54, 1.807) is 6.92 Å². The summed E-state index contributed by atoms with van der Waals surface area (Å²) in [4.78, 5) is 11.8. The zero-order valence-electron chi connectivity index (χ0n) is 9.36. The quantitative estimate of drug-likeness (QED) is 0.751. The first kappa shape index (κ1) is 11.9. The lowest BCUT2D eigenvalue weighted by Crippen LogP contribution is -2.15. The van der Waals surface area contributed by atoms with Crippen LogP contribution in [0.15, 0.2) is 24.3 Å². The summed E-state index contributed by atoms with van der Waals surface area (Å²) in [6.07, 6.45) is 2.07. The van der Waals surface area contributed by atoms with Crippen LogP contribution in [0.2, 0.25) is 0 Å². The van der Waals surface area contributed by atoms with Crippen LogP contribution < -0.4 is 0 Å². The summed E-state index contributed by atoms with van der Waals surface area (Å²) in [6, 6.07) is 7.68. The molecule has 82 valence electrons. The van der Waals surface area contributed by atoms with Gasteiger partial charge in [-0.2, -0.15) is 0 Å². The Labute approximate surface area is 90.9 Å². The Hall–Kier alpha value is -1.15. The van der Waals surface area contributed by atoms with Gasteiger partial charge in [-0.15, -0.1) is 0 Å². The molecule has 15 heavy (non-hydrogen) atoms. The molecule has 0 aliphatic rings. The molecule has 0 saturated heterocycles. The van der Waals surface area contributed by atoms with E-state index in [-0.39, 0.29) is 18.3 Å². The normalized spacial score (nSPS) is 12.5. The van der Waals surface area contributed by atoms with Crippen molar-refractivity contribution in [3.05, 3.63) is 35.4 Å². The SMILES string of the molecule is CCCc1cccc(C(=O)C(C)CO)c1. The molecule has 2 nitrogen and oxygen atoms in total. The zero-order valence-corrected chi connectivity index (χ0v) is 9.36. The van der Waals surface area contributed by atoms with Gasteiger partial charge in [0.2, 0.25) is 0 Å². The van der Waals surface area contributed by atoms with Gasteiger partial charge in [0.1, 0.15) is 0 Å². The number of hydrogen-bond acceptors (Lipinski definition) is 2. The van der Waals surface area contributed by atoms with Crippen LogP contribution in [0.1, 0.15) is 36.2 Å². The van der Waals surface area contributed by atoms with Crippen molar-refractivity contribution in [2.24, 2.45) is 5.92 Å². The Morgan fingerprint density at radius 1 is 1.47 bits per heavy atom. The fraction of sp³-hybridized carbons (Fsp3) is 0.462. The van der Waals surface area contributed by atoms with Crippen LogP contribution in [0.25, 0.3) is 0 Å². The van der Waals surface area contributed by atoms with Crippen molar-refractivity contribution in [2.75, 3.05) is 6.61 Å². The number of hydrogen-bond donors (Lipinski definition) is 1. The molecule has 2 heteroatoms. The number of Topliss-reactive ketones (excluding diaryl/α,β-unsaturated/α-hetero) is 1. The lowest BCUT2D eigenvalue weighted by Gasteiger charge is -2.08. The lowest BCUT2D eigenvalue weighted by molar-refractivity contribution is 0.0877. The molecule has 0 amide bonds. The molecule has 1 aromatic carbocycles. The number of benzene rings is 1. The lowest BCUT2D eigenvalue weighted by atomic mass is 9.97. The highest BCUT2D eigenvalue weighted by Gasteiger charge is 2.13. The van der Waals surface area contributed by atoms with E-state index in [1.807, 2.05) is 24.3 Å². The van der Waals surface area contributed by atoms with Gasteiger partial charge in [0, 0.05) is 11.5 Å². The van der Waals surface area contributed by atoms with Crippen LogP contribution in [0.5, 0.6) is 0 Å². The second-order valence-corrected chi connectivity index (χ2v) is 3.90. The maximum atomic E-state index is 11.8. The van der Waals surface area contributed by atoms with E-state index in [9.17, 15) is 4.79 Å². The van der Waals surface area contributed by atoms with Crippen molar-refractivity contribution in [1.29, 1.82) is 0 Å². The molecule has 1 atom stereocenters. The molecule has 0 heterocycles. The van der Waals surface area contributed by atoms with Gasteiger partial charge in [-0.05, 0) is 18.1 Å². The van der Waals surface area contributed by atoms with Gasteiger partial charge in [-0.3, -0.25) is 4.79 Å². The summed E-state index contributed by atoms with van der Waals surface area (Å²) in [6.45, 7) is 3.77. The van der Waals surface area contributed by atoms with E-state index in [4.69, 9.17) is 5.11 Å². The molecule has 0 fully saturated rings. The standard InChI is InChI=1S/C13H18O2/c1-3-5-11-6-4-7-12(8-11)13(15)10(2)9-14/h4,6-8,10,14H,3,5,9H2,1-2H3. The molecule has 0 spiro atoms. The Balaban J connectivity index is 2.85. The molecule has 1 N–H and O–H groups in total. The minimum Gasteiger partial charge on any atom is -0.396 e. The molecule has 0 bridgehead atoms. The van der Waals surface area contributed by atoms with Gasteiger partial charge >= 0.3 is 0 Å². The second kappa shape index (κ2) is 5.66. The van der Waals surface area contributed by atoms with E-state index >= 15 is 0 Å². The maximum Gasteiger partial charge on any atom is 0.167 e. The first-order valence-corrected chi connectivity index (χ1v) is 5.43. The van der Waals surface area contributed by atoms with Crippen LogP contribution in [0.3, 0.4) is 0 Å². The Morgan fingerprint density at radius 3 is 2.80 bits per heavy atom. The van der Waals surface area contributed by atoms with Crippen molar-refractivity contribution < 1.29 is 9.90 Å². The minimum atomic E-state index is -0.304. The molecule has 0 radical (unpaired) electrons. The molecule has 0 saturated carbocycles. The van der Waals surface area contributed by atoms with Crippen LogP contribution in [-0.4, -0.2) is 17.5 Å². The van der Waals surface area contributed by atoms with Crippen LogP contribution >= 0.6 is 0 Å². The van der Waals surface area contributed by atoms with Crippen molar-refractivity contribution in [1.82, 2.24) is 0 Å². The topological polar surface area (TPSA) is 37.3 Å². The number of aryl methyl sites for hydroxylation is 1. The third-order valence-electron chi connectivity index (χ3n) is 2.47. The Morgan fingerprint density at radius 2 is 2.20 bits per heavy atom. The summed E-state index contributed by atoms with van der Waals surface area (Å²) in [7, 11) is 0. The Bertz CT molecular complexity index is 331. The van der Waals surface area contributed by atoms with Crippen LogP contribution in [0.4, 0.5) is 0 Å². The monoisotopic (exact) mass is 206 g/mol. The highest BCUT2D eigenvalue weighted by Crippen LogP contribution is 2.12. The van der Waals surface area contributed by atoms with Crippen molar-refractivity contribution >= 4 is 5.78 Å². The fourth-order valence-corrected chi connectivity index (χ4v) is 1.54. The molecule has 0 aromatic heterocycles. The molecular formula is C13H18O2. The van der Waals surface area contributed by atoms with Crippen LogP contribution in [0, 0.1) is 5.92 Å². The molecule has 0 aliphatic heterocycles. The maximum absolute atomic E-state index is 11.8. The van der Waals surface area contributed by atoms with E-state index in [0.717, 1.165) is 12.8 Å². The second-order valence-electron chi connectivity index (χ2n) is 3.90. The third kappa shape index (κ3) is 3.17. The van der Waals surface area contributed by atoms with Crippen molar-refractivity contribution in [3.63, 3.8) is 0 Å². The first-order valence-electron chi connectivity index (χ1n) is 5.43. The fourth-order valence-electron chi connectivity index (χ4n) is 1.54. The average molecular weight is 206 g/mol. The summed E-state index contributed by atoms with van der Waals surface area (Å²) in [5.41, 5.74) is 1.90. The molecule has 1 unspecified atom stereocenters. The minimum absolute atomic E-state index is 0.0236. The Kier molecular flexibility index (Phi) is 4.50. The number of aliphatic hydroxyl groups is 1. The molecule has 0 aliphatic carbocycles. The van der Waals surface area contributed by atoms with Crippen molar-refractivity contribution in [2.45, 2.75) is 26.7 Å². The van der Waals surface area contributed by atoms with Crippen LogP contribution in [-0.2, 0) is 6.42 Å². The van der Waals surface area contributed by atoms with Gasteiger partial charge in [0.05, 0.1) is 6.61 Å². The number of aliphatic hydroxyl groups excluding tert-OH is 1. The van der Waals surface area contributed by atoms with Gasteiger partial charge in [0.25, 0.3) is 0 Å². The van der Waals surface area contributed by atoms with E-state index in [0.29, 0.717) is 5.56 Å². The zero-order chi connectivity index (χ0) is 11.3. The predicted octanol–water partition coefficient (Wildman–Crippen LogP) is 2.45. The number of carbonyl (C=O) groups is 1. The smallest absolute Gasteiger partial charge is 0.167 e. The summed E-state index contributed by atoms with van der Waals surface area (Å²) in [5, 5.41) is 8.92. The molecule has 1 rings (SSSR count). The van der Waals surface area contributed by atoms with E-state index in [2.05, 4.69) is 6.92 Å². The number of ketones is 1.